The average molecular weight is 202 g/mol. The standard InChI is InChI=1S/C8H3F3NS/c9-8(10,11)6-3-1-2-4-7(6)13-5-12/h2-4H. The highest BCUT2D eigenvalue weighted by molar-refractivity contribution is 8.03. The molecule has 0 fully saturated rings. The highest BCUT2D eigenvalue weighted by Gasteiger charge is 2.33. The lowest BCUT2D eigenvalue weighted by atomic mass is 10.2. The second-order valence-electron chi connectivity index (χ2n) is 2.11. The van der Waals surface area contributed by atoms with Gasteiger partial charge in [0, 0.05) is 4.90 Å². The molecule has 0 aromatic heterocycles. The van der Waals surface area contributed by atoms with Gasteiger partial charge < -0.3 is 0 Å². The van der Waals surface area contributed by atoms with Gasteiger partial charge in [0.15, 0.2) is 0 Å². The van der Waals surface area contributed by atoms with Crippen LogP contribution in [0.2, 0.25) is 0 Å². The van der Waals surface area contributed by atoms with Crippen LogP contribution in [0.25, 0.3) is 0 Å². The number of nitriles is 1. The van der Waals surface area contributed by atoms with Crippen LogP contribution in [0.1, 0.15) is 5.56 Å². The van der Waals surface area contributed by atoms with Crippen molar-refractivity contribution in [1.82, 2.24) is 0 Å². The van der Waals surface area contributed by atoms with Crippen LogP contribution >= 0.6 is 11.8 Å². The van der Waals surface area contributed by atoms with Gasteiger partial charge in [0.05, 0.1) is 5.56 Å². The van der Waals surface area contributed by atoms with E-state index in [1.807, 2.05) is 0 Å². The van der Waals surface area contributed by atoms with Gasteiger partial charge in [-0.05, 0) is 30.0 Å². The van der Waals surface area contributed by atoms with Crippen LogP contribution < -0.4 is 0 Å². The van der Waals surface area contributed by atoms with Crippen molar-refractivity contribution in [2.75, 3.05) is 0 Å². The molecule has 0 N–H and O–H groups in total. The molecule has 5 heteroatoms. The number of hydrogen-bond acceptors (Lipinski definition) is 2. The molecule has 0 bridgehead atoms. The summed E-state index contributed by atoms with van der Waals surface area (Å²) in [6.07, 6.45) is -4.42. The summed E-state index contributed by atoms with van der Waals surface area (Å²) < 4.78 is 36.7. The molecule has 0 aliphatic carbocycles. The van der Waals surface area contributed by atoms with Crippen molar-refractivity contribution in [1.29, 1.82) is 5.26 Å². The van der Waals surface area contributed by atoms with E-state index in [9.17, 15) is 13.2 Å². The van der Waals surface area contributed by atoms with Crippen LogP contribution in [0.5, 0.6) is 0 Å². The maximum atomic E-state index is 12.2. The largest absolute Gasteiger partial charge is 0.417 e. The Kier molecular flexibility index (Phi) is 2.83. The van der Waals surface area contributed by atoms with Gasteiger partial charge in [-0.15, -0.1) is 0 Å². The molecule has 1 aromatic carbocycles. The van der Waals surface area contributed by atoms with Gasteiger partial charge in [-0.2, -0.15) is 18.4 Å². The maximum absolute atomic E-state index is 12.2. The third-order valence-electron chi connectivity index (χ3n) is 1.29. The lowest BCUT2D eigenvalue weighted by molar-refractivity contribution is -0.139. The SMILES string of the molecule is N#CSc1cc[c]cc1C(F)(F)F. The second-order valence-corrected chi connectivity index (χ2v) is 2.94. The van der Waals surface area contributed by atoms with E-state index in [4.69, 9.17) is 5.26 Å². The Labute approximate surface area is 77.2 Å². The summed E-state index contributed by atoms with van der Waals surface area (Å²) in [4.78, 5) is -0.0891. The number of thiocyanates is 1. The molecule has 1 nitrogen and oxygen atoms in total. The normalized spacial score (nSPS) is 10.9. The number of benzene rings is 1. The first kappa shape index (κ1) is 9.93. The van der Waals surface area contributed by atoms with Crippen molar-refractivity contribution < 1.29 is 13.2 Å². The molecule has 0 heterocycles. The van der Waals surface area contributed by atoms with Crippen LogP contribution in [0.4, 0.5) is 13.2 Å². The zero-order chi connectivity index (χ0) is 9.90. The van der Waals surface area contributed by atoms with E-state index >= 15 is 0 Å². The second kappa shape index (κ2) is 3.71. The van der Waals surface area contributed by atoms with Crippen molar-refractivity contribution in [3.63, 3.8) is 0 Å². The fraction of sp³-hybridized carbons (Fsp3) is 0.125. The number of nitrogens with zero attached hydrogens (tertiary/aromatic N) is 1. The first-order valence-electron chi connectivity index (χ1n) is 3.19. The molecule has 0 atom stereocenters. The predicted octanol–water partition coefficient (Wildman–Crippen LogP) is 3.08. The van der Waals surface area contributed by atoms with E-state index in [1.54, 1.807) is 5.40 Å². The van der Waals surface area contributed by atoms with Crippen molar-refractivity contribution in [3.8, 4) is 5.40 Å². The van der Waals surface area contributed by atoms with Crippen LogP contribution in [-0.2, 0) is 6.18 Å². The number of rotatable bonds is 1. The molecule has 1 aromatic rings. The molecule has 0 aliphatic heterocycles. The van der Waals surface area contributed by atoms with Crippen molar-refractivity contribution >= 4 is 11.8 Å². The Bertz CT molecular complexity index is 340. The lowest BCUT2D eigenvalue weighted by Gasteiger charge is -2.08. The fourth-order valence-corrected chi connectivity index (χ4v) is 1.29. The summed E-state index contributed by atoms with van der Waals surface area (Å²) in [5.74, 6) is 0. The van der Waals surface area contributed by atoms with E-state index < -0.39 is 11.7 Å². The molecule has 0 amide bonds. The fourth-order valence-electron chi connectivity index (χ4n) is 0.776. The van der Waals surface area contributed by atoms with E-state index in [0.29, 0.717) is 11.8 Å². The molecule has 0 saturated heterocycles. The minimum absolute atomic E-state index is 0.0891. The Morgan fingerprint density at radius 3 is 2.69 bits per heavy atom. The van der Waals surface area contributed by atoms with Gasteiger partial charge in [0.1, 0.15) is 5.40 Å². The topological polar surface area (TPSA) is 23.8 Å². The van der Waals surface area contributed by atoms with Gasteiger partial charge >= 0.3 is 6.18 Å². The lowest BCUT2D eigenvalue weighted by Crippen LogP contribution is -2.06. The minimum atomic E-state index is -4.42. The smallest absolute Gasteiger partial charge is 0.185 e. The summed E-state index contributed by atoms with van der Waals surface area (Å²) in [5.41, 5.74) is -0.818. The molecular formula is C8H3F3NS. The molecule has 0 spiro atoms. The third kappa shape index (κ3) is 2.39. The number of halogens is 3. The monoisotopic (exact) mass is 202 g/mol. The maximum Gasteiger partial charge on any atom is 0.417 e. The van der Waals surface area contributed by atoms with E-state index in [1.165, 1.54) is 12.1 Å². The average Bonchev–Trinajstić information content (AvgIpc) is 2.04. The number of alkyl halides is 3. The van der Waals surface area contributed by atoms with Crippen molar-refractivity contribution in [2.45, 2.75) is 11.1 Å². The predicted molar refractivity (Wildman–Crippen MR) is 41.8 cm³/mol. The summed E-state index contributed by atoms with van der Waals surface area (Å²) >= 11 is 0.494. The van der Waals surface area contributed by atoms with Crippen LogP contribution in [0, 0.1) is 16.7 Å². The number of hydrogen-bond donors (Lipinski definition) is 0. The quantitative estimate of drug-likeness (QED) is 0.516. The third-order valence-corrected chi connectivity index (χ3v) is 1.95. The summed E-state index contributed by atoms with van der Waals surface area (Å²) in [6, 6.07) is 5.72. The molecular weight excluding hydrogens is 199 g/mol. The molecule has 1 rings (SSSR count). The first-order valence-corrected chi connectivity index (χ1v) is 4.00. The van der Waals surface area contributed by atoms with Gasteiger partial charge in [-0.3, -0.25) is 0 Å². The Balaban J connectivity index is 3.14. The zero-order valence-corrected chi connectivity index (χ0v) is 7.04. The van der Waals surface area contributed by atoms with Crippen molar-refractivity contribution in [3.05, 3.63) is 29.8 Å². The highest BCUT2D eigenvalue weighted by atomic mass is 32.2. The summed E-state index contributed by atoms with van der Waals surface area (Å²) in [5, 5.41) is 9.84. The van der Waals surface area contributed by atoms with E-state index in [2.05, 4.69) is 6.07 Å². The van der Waals surface area contributed by atoms with Crippen LogP contribution in [-0.4, -0.2) is 0 Å². The molecule has 0 aliphatic rings. The van der Waals surface area contributed by atoms with Crippen LogP contribution in [0.15, 0.2) is 23.1 Å². The molecule has 0 unspecified atom stereocenters. The molecule has 0 saturated carbocycles. The zero-order valence-electron chi connectivity index (χ0n) is 6.22. The molecule has 13 heavy (non-hydrogen) atoms. The highest BCUT2D eigenvalue weighted by Crippen LogP contribution is 2.35. The van der Waals surface area contributed by atoms with Crippen LogP contribution in [0.3, 0.4) is 0 Å². The Hall–Kier alpha value is -1.15. The van der Waals surface area contributed by atoms with E-state index in [-0.39, 0.29) is 4.90 Å². The summed E-state index contributed by atoms with van der Waals surface area (Å²) in [7, 11) is 0. The van der Waals surface area contributed by atoms with Gasteiger partial charge in [-0.1, -0.05) is 6.07 Å². The Morgan fingerprint density at radius 1 is 1.46 bits per heavy atom. The minimum Gasteiger partial charge on any atom is -0.185 e. The molecule has 67 valence electrons. The first-order chi connectivity index (χ1) is 6.05. The van der Waals surface area contributed by atoms with Gasteiger partial charge in [0.25, 0.3) is 0 Å². The summed E-state index contributed by atoms with van der Waals surface area (Å²) in [6.45, 7) is 0. The molecule has 1 radical (unpaired) electrons. The van der Waals surface area contributed by atoms with E-state index in [0.717, 1.165) is 6.07 Å². The van der Waals surface area contributed by atoms with Gasteiger partial charge in [-0.25, -0.2) is 0 Å². The van der Waals surface area contributed by atoms with Gasteiger partial charge in [0.2, 0.25) is 0 Å². The number of thioether (sulfide) groups is 1. The Morgan fingerprint density at radius 2 is 2.15 bits per heavy atom. The van der Waals surface area contributed by atoms with Crippen molar-refractivity contribution in [2.24, 2.45) is 0 Å².